The maximum absolute atomic E-state index is 13.5. The van der Waals surface area contributed by atoms with Gasteiger partial charge in [0.05, 0.1) is 21.9 Å². The fourth-order valence-electron chi connectivity index (χ4n) is 4.08. The van der Waals surface area contributed by atoms with Gasteiger partial charge in [-0.25, -0.2) is 0 Å². The van der Waals surface area contributed by atoms with E-state index in [1.54, 1.807) is 30.3 Å². The van der Waals surface area contributed by atoms with Gasteiger partial charge in [-0.1, -0.05) is 23.7 Å². The van der Waals surface area contributed by atoms with Gasteiger partial charge in [-0.15, -0.1) is 0 Å². The molecule has 3 aromatic carbocycles. The summed E-state index contributed by atoms with van der Waals surface area (Å²) in [5, 5.41) is 11.7. The van der Waals surface area contributed by atoms with Crippen molar-refractivity contribution >= 4 is 39.9 Å². The second kappa shape index (κ2) is 7.32. The Morgan fingerprint density at radius 1 is 1.03 bits per heavy atom. The number of amides is 1. The summed E-state index contributed by atoms with van der Waals surface area (Å²) in [6.07, 6.45) is 0. The molecule has 0 bridgehead atoms. The van der Waals surface area contributed by atoms with Crippen LogP contribution in [-0.4, -0.2) is 10.8 Å². The third-order valence-electron chi connectivity index (χ3n) is 5.53. The summed E-state index contributed by atoms with van der Waals surface area (Å²) < 4.78 is 5.89. The van der Waals surface area contributed by atoms with E-state index in [0.717, 1.165) is 5.56 Å². The Labute approximate surface area is 186 Å². The minimum absolute atomic E-state index is 0.0466. The molecule has 5 rings (SSSR count). The number of anilines is 1. The van der Waals surface area contributed by atoms with Crippen LogP contribution in [0.1, 0.15) is 33.3 Å². The lowest BCUT2D eigenvalue weighted by molar-refractivity contribution is -0.384. The van der Waals surface area contributed by atoms with Gasteiger partial charge in [0.15, 0.2) is 5.43 Å². The summed E-state index contributed by atoms with van der Waals surface area (Å²) in [7, 11) is 0. The number of nitro benzene ring substituents is 1. The molecule has 0 saturated heterocycles. The van der Waals surface area contributed by atoms with Crippen molar-refractivity contribution in [3.05, 3.63) is 115 Å². The zero-order valence-corrected chi connectivity index (χ0v) is 17.5. The van der Waals surface area contributed by atoms with Gasteiger partial charge < -0.3 is 4.42 Å². The monoisotopic (exact) mass is 446 g/mol. The number of fused-ring (bicyclic) bond motifs is 2. The number of hydrogen-bond acceptors (Lipinski definition) is 5. The van der Waals surface area contributed by atoms with Crippen LogP contribution in [0.4, 0.5) is 11.4 Å². The highest BCUT2D eigenvalue weighted by molar-refractivity contribution is 6.31. The molecule has 1 aliphatic heterocycles. The van der Waals surface area contributed by atoms with Crippen molar-refractivity contribution in [2.45, 2.75) is 13.0 Å². The first-order valence-corrected chi connectivity index (χ1v) is 10.1. The summed E-state index contributed by atoms with van der Waals surface area (Å²) >= 11 is 6.09. The van der Waals surface area contributed by atoms with Crippen molar-refractivity contribution in [2.24, 2.45) is 0 Å². The Kier molecular flexibility index (Phi) is 4.56. The number of halogens is 1. The van der Waals surface area contributed by atoms with E-state index in [1.807, 2.05) is 25.1 Å². The summed E-state index contributed by atoms with van der Waals surface area (Å²) in [4.78, 5) is 39.1. The lowest BCUT2D eigenvalue weighted by Gasteiger charge is -2.25. The lowest BCUT2D eigenvalue weighted by atomic mass is 9.98. The van der Waals surface area contributed by atoms with E-state index < -0.39 is 16.9 Å². The molecule has 4 aromatic rings. The van der Waals surface area contributed by atoms with E-state index in [9.17, 15) is 19.7 Å². The molecule has 1 amide bonds. The Hall–Kier alpha value is -3.97. The zero-order chi connectivity index (χ0) is 22.6. The summed E-state index contributed by atoms with van der Waals surface area (Å²) in [5.74, 6) is -0.502. The van der Waals surface area contributed by atoms with Crippen molar-refractivity contribution in [3.63, 3.8) is 0 Å². The van der Waals surface area contributed by atoms with Crippen LogP contribution in [0.25, 0.3) is 11.0 Å². The van der Waals surface area contributed by atoms with Gasteiger partial charge in [0.1, 0.15) is 5.58 Å². The van der Waals surface area contributed by atoms with E-state index in [-0.39, 0.29) is 33.4 Å². The molecule has 0 N–H and O–H groups in total. The molecule has 0 radical (unpaired) electrons. The van der Waals surface area contributed by atoms with Crippen LogP contribution >= 0.6 is 11.6 Å². The van der Waals surface area contributed by atoms with Crippen molar-refractivity contribution in [1.29, 1.82) is 0 Å². The molecular weight excluding hydrogens is 432 g/mol. The predicted molar refractivity (Wildman–Crippen MR) is 120 cm³/mol. The molecule has 32 heavy (non-hydrogen) atoms. The molecule has 1 atom stereocenters. The molecule has 1 aliphatic rings. The van der Waals surface area contributed by atoms with Crippen LogP contribution in [0, 0.1) is 17.0 Å². The van der Waals surface area contributed by atoms with Gasteiger partial charge in [0.25, 0.3) is 11.6 Å². The molecule has 158 valence electrons. The largest absolute Gasteiger partial charge is 0.450 e. The molecule has 0 saturated carbocycles. The van der Waals surface area contributed by atoms with Crippen LogP contribution in [0.2, 0.25) is 5.02 Å². The average Bonchev–Trinajstić information content (AvgIpc) is 3.07. The number of nitro groups is 1. The zero-order valence-electron chi connectivity index (χ0n) is 16.7. The topological polar surface area (TPSA) is 93.7 Å². The molecule has 7 nitrogen and oxygen atoms in total. The van der Waals surface area contributed by atoms with Crippen LogP contribution in [-0.2, 0) is 0 Å². The fourth-order valence-corrected chi connectivity index (χ4v) is 4.26. The van der Waals surface area contributed by atoms with Crippen LogP contribution in [0.15, 0.2) is 75.9 Å². The van der Waals surface area contributed by atoms with Gasteiger partial charge >= 0.3 is 0 Å². The first-order chi connectivity index (χ1) is 15.3. The Morgan fingerprint density at radius 2 is 1.78 bits per heavy atom. The third-order valence-corrected chi connectivity index (χ3v) is 5.77. The van der Waals surface area contributed by atoms with E-state index >= 15 is 0 Å². The van der Waals surface area contributed by atoms with Crippen LogP contribution in [0.3, 0.4) is 0 Å². The van der Waals surface area contributed by atoms with Gasteiger partial charge in [-0.2, -0.15) is 0 Å². The number of carbonyl (C=O) groups excluding carboxylic acids is 1. The number of hydrogen-bond donors (Lipinski definition) is 0. The fraction of sp³-hybridized carbons (Fsp3) is 0.0833. The van der Waals surface area contributed by atoms with E-state index in [0.29, 0.717) is 16.3 Å². The predicted octanol–water partition coefficient (Wildman–Crippen LogP) is 5.41. The van der Waals surface area contributed by atoms with Crippen molar-refractivity contribution in [1.82, 2.24) is 0 Å². The first kappa shape index (κ1) is 20.0. The van der Waals surface area contributed by atoms with Crippen molar-refractivity contribution < 1.29 is 14.1 Å². The summed E-state index contributed by atoms with van der Waals surface area (Å²) in [6, 6.07) is 17.0. The highest BCUT2D eigenvalue weighted by Crippen LogP contribution is 2.41. The second-order valence-corrected chi connectivity index (χ2v) is 8.02. The first-order valence-electron chi connectivity index (χ1n) is 9.76. The highest BCUT2D eigenvalue weighted by atomic mass is 35.5. The maximum Gasteiger partial charge on any atom is 0.295 e. The molecule has 8 heteroatoms. The Balaban J connectivity index is 1.80. The van der Waals surface area contributed by atoms with Gasteiger partial charge in [0, 0.05) is 22.8 Å². The van der Waals surface area contributed by atoms with Crippen LogP contribution < -0.4 is 10.3 Å². The standard InChI is InChI=1S/C24H15ClN2O5/c1-13-3-2-4-17(11-13)26-21(14-5-8-16(9-6-14)27(30)31)20-22(28)18-12-15(25)7-10-19(18)32-23(20)24(26)29/h2-12,21H,1H3. The number of benzene rings is 3. The maximum atomic E-state index is 13.5. The van der Waals surface area contributed by atoms with Gasteiger partial charge in [0.2, 0.25) is 5.76 Å². The molecule has 0 fully saturated rings. The second-order valence-electron chi connectivity index (χ2n) is 7.58. The van der Waals surface area contributed by atoms with Gasteiger partial charge in [-0.05, 0) is 60.5 Å². The summed E-state index contributed by atoms with van der Waals surface area (Å²) in [5.41, 5.74) is 2.07. The Morgan fingerprint density at radius 3 is 2.47 bits per heavy atom. The summed E-state index contributed by atoms with van der Waals surface area (Å²) in [6.45, 7) is 1.90. The molecule has 0 spiro atoms. The quantitative estimate of drug-likeness (QED) is 0.309. The van der Waals surface area contributed by atoms with E-state index in [4.69, 9.17) is 16.0 Å². The molecule has 1 aromatic heterocycles. The number of rotatable bonds is 3. The minimum Gasteiger partial charge on any atom is -0.450 e. The molecule has 1 unspecified atom stereocenters. The lowest BCUT2D eigenvalue weighted by Crippen LogP contribution is -2.29. The van der Waals surface area contributed by atoms with E-state index in [2.05, 4.69) is 0 Å². The number of non-ortho nitro benzene ring substituents is 1. The Bertz CT molecular complexity index is 1480. The SMILES string of the molecule is Cc1cccc(N2C(=O)c3oc4ccc(Cl)cc4c(=O)c3C2c2ccc([N+](=O)[O-])cc2)c1. The third kappa shape index (κ3) is 3.06. The van der Waals surface area contributed by atoms with E-state index in [1.165, 1.54) is 23.1 Å². The minimum atomic E-state index is -0.806. The number of aryl methyl sites for hydroxylation is 1. The normalized spacial score (nSPS) is 15.2. The van der Waals surface area contributed by atoms with Gasteiger partial charge in [-0.3, -0.25) is 24.6 Å². The molecule has 0 aliphatic carbocycles. The molecule has 2 heterocycles. The number of nitrogens with zero attached hydrogens (tertiary/aromatic N) is 2. The smallest absolute Gasteiger partial charge is 0.295 e. The number of carbonyl (C=O) groups is 1. The average molecular weight is 447 g/mol. The van der Waals surface area contributed by atoms with Crippen molar-refractivity contribution in [3.8, 4) is 0 Å². The van der Waals surface area contributed by atoms with Crippen molar-refractivity contribution in [2.75, 3.05) is 4.90 Å². The molecular formula is C24H15ClN2O5. The highest BCUT2D eigenvalue weighted by Gasteiger charge is 2.43. The van der Waals surface area contributed by atoms with Crippen LogP contribution in [0.5, 0.6) is 0 Å².